The molecule has 0 unspecified atom stereocenters. The predicted molar refractivity (Wildman–Crippen MR) is 89.9 cm³/mol. The summed E-state index contributed by atoms with van der Waals surface area (Å²) >= 11 is 0. The molecule has 0 bridgehead atoms. The monoisotopic (exact) mass is 305 g/mol. The first-order chi connectivity index (χ1) is 10.1. The standard InChI is InChI=1S/C17H27N3O2/c1-11(2)8-15(21)19-14-7-6-13(9-12(14)3)16(22)20-17(4,5)10-18/h6-7,9,11H,8,10,18H2,1-5H3,(H,19,21)(H,20,22). The molecule has 1 aromatic rings. The first-order valence-electron chi connectivity index (χ1n) is 7.57. The Morgan fingerprint density at radius 1 is 1.27 bits per heavy atom. The van der Waals surface area contributed by atoms with Crippen molar-refractivity contribution in [2.45, 2.75) is 46.6 Å². The molecule has 5 nitrogen and oxygen atoms in total. The summed E-state index contributed by atoms with van der Waals surface area (Å²) < 4.78 is 0. The maximum atomic E-state index is 12.2. The summed E-state index contributed by atoms with van der Waals surface area (Å²) in [5.41, 5.74) is 7.32. The number of carbonyl (C=O) groups excluding carboxylic acids is 2. The van der Waals surface area contributed by atoms with Crippen LogP contribution < -0.4 is 16.4 Å². The maximum Gasteiger partial charge on any atom is 0.251 e. The van der Waals surface area contributed by atoms with E-state index in [-0.39, 0.29) is 11.8 Å². The van der Waals surface area contributed by atoms with Crippen molar-refractivity contribution in [3.63, 3.8) is 0 Å². The zero-order valence-electron chi connectivity index (χ0n) is 14.1. The van der Waals surface area contributed by atoms with Gasteiger partial charge in [-0.25, -0.2) is 0 Å². The lowest BCUT2D eigenvalue weighted by atomic mass is 10.0. The lowest BCUT2D eigenvalue weighted by Gasteiger charge is -2.24. The van der Waals surface area contributed by atoms with Crippen molar-refractivity contribution in [3.05, 3.63) is 29.3 Å². The highest BCUT2D eigenvalue weighted by molar-refractivity contribution is 5.97. The Morgan fingerprint density at radius 2 is 1.91 bits per heavy atom. The van der Waals surface area contributed by atoms with Crippen LogP contribution in [0.1, 0.15) is 50.0 Å². The van der Waals surface area contributed by atoms with E-state index in [9.17, 15) is 9.59 Å². The summed E-state index contributed by atoms with van der Waals surface area (Å²) in [6.45, 7) is 9.98. The molecule has 22 heavy (non-hydrogen) atoms. The molecule has 5 heteroatoms. The van der Waals surface area contributed by atoms with Crippen LogP contribution >= 0.6 is 0 Å². The highest BCUT2D eigenvalue weighted by Gasteiger charge is 2.19. The molecule has 0 aliphatic carbocycles. The molecule has 2 amide bonds. The second-order valence-corrected chi connectivity index (χ2v) is 6.72. The molecule has 0 heterocycles. The SMILES string of the molecule is Cc1cc(C(=O)NC(C)(C)CN)ccc1NC(=O)CC(C)C. The van der Waals surface area contributed by atoms with Crippen LogP contribution in [0, 0.1) is 12.8 Å². The Labute approximate surface area is 132 Å². The number of benzene rings is 1. The van der Waals surface area contributed by atoms with Gasteiger partial charge in [0.2, 0.25) is 5.91 Å². The molecule has 1 aromatic carbocycles. The van der Waals surface area contributed by atoms with E-state index in [1.807, 2.05) is 34.6 Å². The van der Waals surface area contributed by atoms with Gasteiger partial charge in [0, 0.05) is 29.8 Å². The number of nitrogens with two attached hydrogens (primary N) is 1. The Bertz CT molecular complexity index is 551. The second-order valence-electron chi connectivity index (χ2n) is 6.72. The molecule has 0 aliphatic heterocycles. The predicted octanol–water partition coefficient (Wildman–Crippen LogP) is 2.45. The highest BCUT2D eigenvalue weighted by atomic mass is 16.2. The largest absolute Gasteiger partial charge is 0.346 e. The minimum atomic E-state index is -0.449. The van der Waals surface area contributed by atoms with Crippen LogP contribution in [-0.4, -0.2) is 23.9 Å². The Balaban J connectivity index is 2.81. The maximum absolute atomic E-state index is 12.2. The number of carbonyl (C=O) groups is 2. The van der Waals surface area contributed by atoms with Gasteiger partial charge in [-0.15, -0.1) is 0 Å². The van der Waals surface area contributed by atoms with Crippen LogP contribution in [0.4, 0.5) is 5.69 Å². The van der Waals surface area contributed by atoms with Crippen molar-refractivity contribution in [2.75, 3.05) is 11.9 Å². The van der Waals surface area contributed by atoms with Crippen LogP contribution in [-0.2, 0) is 4.79 Å². The van der Waals surface area contributed by atoms with Gasteiger partial charge in [-0.3, -0.25) is 9.59 Å². The van der Waals surface area contributed by atoms with Gasteiger partial charge < -0.3 is 16.4 Å². The molecule has 0 spiro atoms. The molecule has 0 atom stereocenters. The van der Waals surface area contributed by atoms with E-state index in [2.05, 4.69) is 10.6 Å². The first kappa shape index (κ1) is 18.2. The van der Waals surface area contributed by atoms with E-state index in [0.717, 1.165) is 11.3 Å². The summed E-state index contributed by atoms with van der Waals surface area (Å²) in [4.78, 5) is 24.0. The molecule has 122 valence electrons. The minimum Gasteiger partial charge on any atom is -0.346 e. The van der Waals surface area contributed by atoms with Crippen LogP contribution in [0.3, 0.4) is 0 Å². The average Bonchev–Trinajstić information content (AvgIpc) is 2.39. The fourth-order valence-electron chi connectivity index (χ4n) is 1.95. The van der Waals surface area contributed by atoms with E-state index < -0.39 is 5.54 Å². The van der Waals surface area contributed by atoms with E-state index in [1.54, 1.807) is 18.2 Å². The third-order valence-corrected chi connectivity index (χ3v) is 3.32. The number of anilines is 1. The van der Waals surface area contributed by atoms with Gasteiger partial charge >= 0.3 is 0 Å². The third kappa shape index (κ3) is 5.48. The highest BCUT2D eigenvalue weighted by Crippen LogP contribution is 2.18. The van der Waals surface area contributed by atoms with Crippen molar-refractivity contribution in [2.24, 2.45) is 11.7 Å². The Kier molecular flexibility index (Phi) is 6.11. The lowest BCUT2D eigenvalue weighted by molar-refractivity contribution is -0.116. The quantitative estimate of drug-likeness (QED) is 0.754. The van der Waals surface area contributed by atoms with Gasteiger partial charge in [0.1, 0.15) is 0 Å². The topological polar surface area (TPSA) is 84.2 Å². The molecule has 0 fully saturated rings. The van der Waals surface area contributed by atoms with Crippen molar-refractivity contribution < 1.29 is 9.59 Å². The van der Waals surface area contributed by atoms with Gasteiger partial charge in [-0.05, 0) is 50.5 Å². The summed E-state index contributed by atoms with van der Waals surface area (Å²) in [6.07, 6.45) is 0.479. The molecular formula is C17H27N3O2. The smallest absolute Gasteiger partial charge is 0.251 e. The van der Waals surface area contributed by atoms with Crippen molar-refractivity contribution >= 4 is 17.5 Å². The third-order valence-electron chi connectivity index (χ3n) is 3.32. The Morgan fingerprint density at radius 3 is 2.41 bits per heavy atom. The van der Waals surface area contributed by atoms with Crippen molar-refractivity contribution in [3.8, 4) is 0 Å². The van der Waals surface area contributed by atoms with Crippen LogP contribution in [0.2, 0.25) is 0 Å². The normalized spacial score (nSPS) is 11.4. The zero-order chi connectivity index (χ0) is 16.9. The second kappa shape index (κ2) is 7.40. The van der Waals surface area contributed by atoms with Crippen LogP contribution in [0.5, 0.6) is 0 Å². The van der Waals surface area contributed by atoms with Gasteiger partial charge in [0.05, 0.1) is 0 Å². The van der Waals surface area contributed by atoms with Crippen LogP contribution in [0.15, 0.2) is 18.2 Å². The molecule has 0 aliphatic rings. The summed E-state index contributed by atoms with van der Waals surface area (Å²) in [7, 11) is 0. The minimum absolute atomic E-state index is 0.0143. The van der Waals surface area contributed by atoms with E-state index in [4.69, 9.17) is 5.73 Å². The number of hydrogen-bond acceptors (Lipinski definition) is 3. The summed E-state index contributed by atoms with van der Waals surface area (Å²) in [5.74, 6) is 0.127. The number of nitrogens with one attached hydrogen (secondary N) is 2. The van der Waals surface area contributed by atoms with Gasteiger partial charge in [0.25, 0.3) is 5.91 Å². The van der Waals surface area contributed by atoms with Crippen molar-refractivity contribution in [1.29, 1.82) is 0 Å². The lowest BCUT2D eigenvalue weighted by Crippen LogP contribution is -2.48. The fraction of sp³-hybridized carbons (Fsp3) is 0.529. The Hall–Kier alpha value is -1.88. The van der Waals surface area contributed by atoms with Gasteiger partial charge in [-0.1, -0.05) is 13.8 Å². The van der Waals surface area contributed by atoms with Gasteiger partial charge in [0.15, 0.2) is 0 Å². The van der Waals surface area contributed by atoms with Crippen molar-refractivity contribution in [1.82, 2.24) is 5.32 Å². The van der Waals surface area contributed by atoms with E-state index >= 15 is 0 Å². The molecule has 0 saturated heterocycles. The zero-order valence-corrected chi connectivity index (χ0v) is 14.1. The number of rotatable bonds is 6. The fourth-order valence-corrected chi connectivity index (χ4v) is 1.95. The molecular weight excluding hydrogens is 278 g/mol. The first-order valence-corrected chi connectivity index (χ1v) is 7.57. The van der Waals surface area contributed by atoms with Crippen LogP contribution in [0.25, 0.3) is 0 Å². The molecule has 1 rings (SSSR count). The van der Waals surface area contributed by atoms with Gasteiger partial charge in [-0.2, -0.15) is 0 Å². The van der Waals surface area contributed by atoms with E-state index in [1.165, 1.54) is 0 Å². The number of aryl methyl sites for hydroxylation is 1. The summed E-state index contributed by atoms with van der Waals surface area (Å²) in [6, 6.07) is 5.24. The molecule has 0 aromatic heterocycles. The molecule has 4 N–H and O–H groups in total. The van der Waals surface area contributed by atoms with E-state index in [0.29, 0.717) is 24.4 Å². The number of amides is 2. The number of hydrogen-bond donors (Lipinski definition) is 3. The summed E-state index contributed by atoms with van der Waals surface area (Å²) in [5, 5.41) is 5.76. The average molecular weight is 305 g/mol. The molecule has 0 saturated carbocycles. The molecule has 0 radical (unpaired) electrons.